The molecule has 0 radical (unpaired) electrons. The van der Waals surface area contributed by atoms with Gasteiger partial charge in [0.1, 0.15) is 5.82 Å². The van der Waals surface area contributed by atoms with E-state index < -0.39 is 5.92 Å². The molecule has 1 aromatic heterocycles. The first-order chi connectivity index (χ1) is 13.7. The first-order valence-corrected chi connectivity index (χ1v) is 9.39. The molecule has 4 rings (SSSR count). The van der Waals surface area contributed by atoms with Crippen molar-refractivity contribution in [1.82, 2.24) is 9.97 Å². The molecular formula is C21H24N4O4. The number of ether oxygens (including phenoxy) is 2. The van der Waals surface area contributed by atoms with E-state index in [2.05, 4.69) is 29.1 Å². The molecule has 0 fully saturated rings. The van der Waals surface area contributed by atoms with Gasteiger partial charge in [-0.2, -0.15) is 4.98 Å². The number of hydrogen-bond donors (Lipinski definition) is 3. The van der Waals surface area contributed by atoms with Gasteiger partial charge in [-0.15, -0.1) is 0 Å². The van der Waals surface area contributed by atoms with Crippen LogP contribution in [0.25, 0.3) is 0 Å². The summed E-state index contributed by atoms with van der Waals surface area (Å²) < 4.78 is 10.8. The van der Waals surface area contributed by atoms with Crippen LogP contribution in [-0.2, 0) is 4.79 Å². The van der Waals surface area contributed by atoms with Crippen LogP contribution in [-0.4, -0.2) is 30.0 Å². The van der Waals surface area contributed by atoms with Crippen LogP contribution in [0.5, 0.6) is 11.5 Å². The molecule has 2 aliphatic rings. The number of nitrogen functional groups attached to an aromatic ring is 1. The minimum Gasteiger partial charge on any atom is -0.493 e. The van der Waals surface area contributed by atoms with E-state index in [9.17, 15) is 9.59 Å². The van der Waals surface area contributed by atoms with Crippen molar-refractivity contribution in [2.24, 2.45) is 5.41 Å². The fraction of sp³-hybridized carbons (Fsp3) is 0.381. The number of carbonyl (C=O) groups excluding carboxylic acids is 1. The lowest BCUT2D eigenvalue weighted by Gasteiger charge is -2.38. The second-order valence-electron chi connectivity index (χ2n) is 8.22. The third-order valence-corrected chi connectivity index (χ3v) is 5.48. The molecule has 1 aromatic carbocycles. The molecule has 0 spiro atoms. The zero-order valence-corrected chi connectivity index (χ0v) is 16.9. The number of nitrogens with zero attached hydrogens (tertiary/aromatic N) is 1. The van der Waals surface area contributed by atoms with Crippen LogP contribution in [0.3, 0.4) is 0 Å². The van der Waals surface area contributed by atoms with Gasteiger partial charge in [-0.3, -0.25) is 14.6 Å². The summed E-state index contributed by atoms with van der Waals surface area (Å²) in [6.07, 6.45) is 1.08. The lowest BCUT2D eigenvalue weighted by Crippen LogP contribution is -2.37. The first kappa shape index (κ1) is 19.0. The van der Waals surface area contributed by atoms with Crippen molar-refractivity contribution < 1.29 is 14.3 Å². The topological polar surface area (TPSA) is 119 Å². The highest BCUT2D eigenvalue weighted by molar-refractivity contribution is 6.01. The van der Waals surface area contributed by atoms with E-state index in [1.807, 2.05) is 6.07 Å². The molecule has 1 aliphatic heterocycles. The number of benzene rings is 1. The fourth-order valence-corrected chi connectivity index (χ4v) is 4.30. The Morgan fingerprint density at radius 2 is 1.86 bits per heavy atom. The number of rotatable bonds is 3. The van der Waals surface area contributed by atoms with Crippen molar-refractivity contribution in [3.8, 4) is 11.5 Å². The third kappa shape index (κ3) is 3.14. The lowest BCUT2D eigenvalue weighted by atomic mass is 9.69. The number of allylic oxidation sites excluding steroid dienone is 2. The SMILES string of the molecule is COc1ccc([C@H]2C3=C(CC(C)(C)CC3=O)Nc3nc(N)[nH]c(=O)c32)cc1OC. The van der Waals surface area contributed by atoms with Gasteiger partial charge in [0.15, 0.2) is 17.3 Å². The number of ketones is 1. The molecule has 1 aliphatic carbocycles. The molecule has 152 valence electrons. The Morgan fingerprint density at radius 1 is 1.14 bits per heavy atom. The number of nitrogens with two attached hydrogens (primary N) is 1. The van der Waals surface area contributed by atoms with Crippen molar-refractivity contribution >= 4 is 17.5 Å². The summed E-state index contributed by atoms with van der Waals surface area (Å²) in [5.74, 6) is 0.954. The van der Waals surface area contributed by atoms with Crippen molar-refractivity contribution in [1.29, 1.82) is 0 Å². The monoisotopic (exact) mass is 396 g/mol. The first-order valence-electron chi connectivity index (χ1n) is 9.39. The Kier molecular flexibility index (Phi) is 4.37. The molecule has 0 saturated carbocycles. The quantitative estimate of drug-likeness (QED) is 0.729. The summed E-state index contributed by atoms with van der Waals surface area (Å²) in [6.45, 7) is 4.10. The largest absolute Gasteiger partial charge is 0.493 e. The zero-order valence-electron chi connectivity index (χ0n) is 16.9. The van der Waals surface area contributed by atoms with Crippen molar-refractivity contribution in [3.63, 3.8) is 0 Å². The smallest absolute Gasteiger partial charge is 0.258 e. The van der Waals surface area contributed by atoms with E-state index in [4.69, 9.17) is 15.2 Å². The molecule has 0 amide bonds. The van der Waals surface area contributed by atoms with Gasteiger partial charge < -0.3 is 20.5 Å². The molecule has 4 N–H and O–H groups in total. The Labute approximate surface area is 168 Å². The average Bonchev–Trinajstić information content (AvgIpc) is 2.64. The molecule has 0 saturated heterocycles. The maximum atomic E-state index is 13.2. The van der Waals surface area contributed by atoms with Gasteiger partial charge in [0.2, 0.25) is 5.95 Å². The summed E-state index contributed by atoms with van der Waals surface area (Å²) in [5, 5.41) is 3.21. The summed E-state index contributed by atoms with van der Waals surface area (Å²) in [4.78, 5) is 32.9. The Hall–Kier alpha value is -3.29. The van der Waals surface area contributed by atoms with Gasteiger partial charge in [-0.25, -0.2) is 0 Å². The van der Waals surface area contributed by atoms with Gasteiger partial charge >= 0.3 is 0 Å². The van der Waals surface area contributed by atoms with Gasteiger partial charge in [-0.1, -0.05) is 19.9 Å². The van der Waals surface area contributed by atoms with E-state index in [1.165, 1.54) is 0 Å². The highest BCUT2D eigenvalue weighted by Gasteiger charge is 2.42. The minimum absolute atomic E-state index is 0.0189. The number of aromatic nitrogens is 2. The van der Waals surface area contributed by atoms with Crippen LogP contribution in [0.15, 0.2) is 34.3 Å². The molecule has 2 heterocycles. The van der Waals surface area contributed by atoms with E-state index in [-0.39, 0.29) is 22.7 Å². The molecular weight excluding hydrogens is 372 g/mol. The second-order valence-corrected chi connectivity index (χ2v) is 8.22. The van der Waals surface area contributed by atoms with Crippen LogP contribution in [0, 0.1) is 5.41 Å². The number of anilines is 2. The maximum Gasteiger partial charge on any atom is 0.258 e. The predicted molar refractivity (Wildman–Crippen MR) is 109 cm³/mol. The Bertz CT molecular complexity index is 1100. The Morgan fingerprint density at radius 3 is 2.55 bits per heavy atom. The highest BCUT2D eigenvalue weighted by Crippen LogP contribution is 2.48. The second kappa shape index (κ2) is 6.65. The molecule has 1 atom stereocenters. The van der Waals surface area contributed by atoms with E-state index in [1.54, 1.807) is 26.4 Å². The molecule has 0 bridgehead atoms. The fourth-order valence-electron chi connectivity index (χ4n) is 4.30. The van der Waals surface area contributed by atoms with Gasteiger partial charge in [0.25, 0.3) is 5.56 Å². The summed E-state index contributed by atoms with van der Waals surface area (Å²) >= 11 is 0. The van der Waals surface area contributed by atoms with Gasteiger partial charge in [-0.05, 0) is 29.5 Å². The number of aromatic amines is 1. The predicted octanol–water partition coefficient (Wildman–Crippen LogP) is 2.57. The number of H-pyrrole nitrogens is 1. The van der Waals surface area contributed by atoms with E-state index in [0.717, 1.165) is 11.3 Å². The van der Waals surface area contributed by atoms with Crippen molar-refractivity contribution in [2.45, 2.75) is 32.6 Å². The normalized spacial score (nSPS) is 19.9. The van der Waals surface area contributed by atoms with E-state index in [0.29, 0.717) is 41.3 Å². The Balaban J connectivity index is 1.98. The van der Waals surface area contributed by atoms with Gasteiger partial charge in [0.05, 0.1) is 19.8 Å². The van der Waals surface area contributed by atoms with Crippen molar-refractivity contribution in [3.05, 3.63) is 50.9 Å². The molecule has 8 nitrogen and oxygen atoms in total. The highest BCUT2D eigenvalue weighted by atomic mass is 16.5. The number of methoxy groups -OCH3 is 2. The zero-order chi connectivity index (χ0) is 20.9. The molecule has 29 heavy (non-hydrogen) atoms. The molecule has 0 unspecified atom stereocenters. The van der Waals surface area contributed by atoms with Gasteiger partial charge in [0, 0.05) is 23.6 Å². The number of fused-ring (bicyclic) bond motifs is 1. The van der Waals surface area contributed by atoms with Crippen LogP contribution in [0.1, 0.15) is 43.7 Å². The lowest BCUT2D eigenvalue weighted by molar-refractivity contribution is -0.118. The minimum atomic E-state index is -0.568. The van der Waals surface area contributed by atoms with Crippen LogP contribution in [0.4, 0.5) is 11.8 Å². The standard InChI is InChI=1S/C21H24N4O4/c1-21(2)8-11-16(12(26)9-21)15(10-5-6-13(28-3)14(7-10)29-4)17-18(23-11)24-20(22)25-19(17)27/h5-7,15H,8-9H2,1-4H3,(H4,22,23,24,25,27)/t15-/m0/s1. The van der Waals surface area contributed by atoms with Crippen LogP contribution >= 0.6 is 0 Å². The number of nitrogens with one attached hydrogen (secondary N) is 2. The average molecular weight is 396 g/mol. The van der Waals surface area contributed by atoms with Crippen LogP contribution < -0.4 is 26.1 Å². The summed E-state index contributed by atoms with van der Waals surface area (Å²) in [6, 6.07) is 5.41. The molecule has 2 aromatic rings. The number of Topliss-reactive ketones (excluding diaryl/α,β-unsaturated/α-hetero) is 1. The molecule has 8 heteroatoms. The van der Waals surface area contributed by atoms with E-state index >= 15 is 0 Å². The van der Waals surface area contributed by atoms with Crippen molar-refractivity contribution in [2.75, 3.05) is 25.3 Å². The summed E-state index contributed by atoms with van der Waals surface area (Å²) in [7, 11) is 3.11. The summed E-state index contributed by atoms with van der Waals surface area (Å²) in [5.41, 5.74) is 7.73. The third-order valence-electron chi connectivity index (χ3n) is 5.48. The maximum absolute atomic E-state index is 13.2. The number of carbonyl (C=O) groups is 1. The number of hydrogen-bond acceptors (Lipinski definition) is 7. The van der Waals surface area contributed by atoms with Crippen LogP contribution in [0.2, 0.25) is 0 Å².